The van der Waals surface area contributed by atoms with Crippen molar-refractivity contribution in [1.29, 1.82) is 0 Å². The third-order valence-corrected chi connectivity index (χ3v) is 3.58. The van der Waals surface area contributed by atoms with Crippen molar-refractivity contribution in [3.8, 4) is 11.3 Å². The number of fused-ring (bicyclic) bond motifs is 2. The van der Waals surface area contributed by atoms with E-state index in [1.54, 1.807) is 18.3 Å². The van der Waals surface area contributed by atoms with Gasteiger partial charge in [-0.1, -0.05) is 18.2 Å². The van der Waals surface area contributed by atoms with Gasteiger partial charge in [0.15, 0.2) is 5.78 Å². The van der Waals surface area contributed by atoms with Gasteiger partial charge in [0, 0.05) is 34.0 Å². The number of carbonyl (C=O) groups excluding carboxylic acids is 1. The molecule has 4 nitrogen and oxygen atoms in total. The summed E-state index contributed by atoms with van der Waals surface area (Å²) in [7, 11) is 0. The van der Waals surface area contributed by atoms with Crippen LogP contribution in [0, 0.1) is 0 Å². The van der Waals surface area contributed by atoms with Crippen molar-refractivity contribution in [2.45, 2.75) is 0 Å². The normalized spacial score (nSPS) is 11.6. The topological polar surface area (TPSA) is 82.0 Å². The van der Waals surface area contributed by atoms with Crippen LogP contribution in [0.3, 0.4) is 0 Å². The first-order chi connectivity index (χ1) is 10.3. The maximum absolute atomic E-state index is 12.6. The number of nitrogens with zero attached hydrogens (tertiary/aromatic N) is 1. The number of nitrogens with two attached hydrogens (primary N) is 2. The maximum Gasteiger partial charge on any atom is 0.194 e. The highest BCUT2D eigenvalue weighted by Crippen LogP contribution is 2.38. The molecule has 0 amide bonds. The first kappa shape index (κ1) is 13.6. The lowest BCUT2D eigenvalue weighted by Crippen LogP contribution is -2.11. The largest absolute Gasteiger partial charge is 0.399 e. The van der Waals surface area contributed by atoms with Gasteiger partial charge in [0.25, 0.3) is 0 Å². The Kier molecular flexibility index (Phi) is 3.37. The molecule has 0 fully saturated rings. The molecule has 4 rings (SSSR count). The van der Waals surface area contributed by atoms with Crippen molar-refractivity contribution in [3.05, 3.63) is 59.8 Å². The zero-order valence-electron chi connectivity index (χ0n) is 11.1. The van der Waals surface area contributed by atoms with Crippen molar-refractivity contribution in [2.75, 3.05) is 5.73 Å². The second kappa shape index (κ2) is 5.20. The number of nitrogen functional groups attached to an aromatic ring is 1. The van der Waals surface area contributed by atoms with Crippen molar-refractivity contribution in [3.63, 3.8) is 0 Å². The van der Waals surface area contributed by atoms with Gasteiger partial charge >= 0.3 is 0 Å². The SMILES string of the molecule is NS.Nc1ccc2c(c1)C(=O)c1cccc3ccnc-2c13. The Morgan fingerprint density at radius 3 is 2.57 bits per heavy atom. The van der Waals surface area contributed by atoms with E-state index in [9.17, 15) is 4.79 Å². The molecule has 1 aliphatic carbocycles. The Balaban J connectivity index is 0.000000636. The standard InChI is InChI=1S/C16H10N2O.H3NS/c17-10-4-5-11-13(8-10)16(19)12-3-1-2-9-6-7-18-15(11)14(9)12;1-2/h1-8H,17H2;2H,1H2. The molecule has 104 valence electrons. The predicted molar refractivity (Wildman–Crippen MR) is 88.2 cm³/mol. The fraction of sp³-hybridized carbons (Fsp3) is 0. The number of aromatic nitrogens is 1. The fourth-order valence-electron chi connectivity index (χ4n) is 2.72. The Bertz CT molecular complexity index is 856. The van der Waals surface area contributed by atoms with E-state index in [-0.39, 0.29) is 5.78 Å². The van der Waals surface area contributed by atoms with E-state index in [2.05, 4.69) is 22.9 Å². The van der Waals surface area contributed by atoms with Crippen LogP contribution in [-0.4, -0.2) is 10.8 Å². The summed E-state index contributed by atoms with van der Waals surface area (Å²) in [5.74, 6) is 0.0217. The van der Waals surface area contributed by atoms with E-state index in [0.717, 1.165) is 22.0 Å². The number of ketones is 1. The summed E-state index contributed by atoms with van der Waals surface area (Å²) in [6, 6.07) is 13.1. The van der Waals surface area contributed by atoms with Crippen LogP contribution >= 0.6 is 12.8 Å². The number of carbonyl (C=O) groups is 1. The van der Waals surface area contributed by atoms with Gasteiger partial charge < -0.3 is 5.73 Å². The lowest BCUT2D eigenvalue weighted by molar-refractivity contribution is 0.104. The van der Waals surface area contributed by atoms with Crippen LogP contribution in [0.25, 0.3) is 22.0 Å². The third kappa shape index (κ3) is 1.98. The summed E-state index contributed by atoms with van der Waals surface area (Å²) in [5, 5.41) is 6.17. The summed E-state index contributed by atoms with van der Waals surface area (Å²) in [6.07, 6.45) is 1.78. The molecule has 0 atom stereocenters. The monoisotopic (exact) mass is 295 g/mol. The molecule has 0 saturated heterocycles. The summed E-state index contributed by atoms with van der Waals surface area (Å²) in [6.45, 7) is 0. The highest BCUT2D eigenvalue weighted by Gasteiger charge is 2.25. The van der Waals surface area contributed by atoms with Crippen LogP contribution in [0.4, 0.5) is 5.69 Å². The molecular weight excluding hydrogens is 282 g/mol. The van der Waals surface area contributed by atoms with E-state index in [1.165, 1.54) is 0 Å². The zero-order chi connectivity index (χ0) is 15.0. The molecule has 0 saturated carbocycles. The average molecular weight is 295 g/mol. The number of pyridine rings is 1. The summed E-state index contributed by atoms with van der Waals surface area (Å²) < 4.78 is 0. The summed E-state index contributed by atoms with van der Waals surface area (Å²) in [5.41, 5.74) is 9.46. The van der Waals surface area contributed by atoms with Gasteiger partial charge in [0.2, 0.25) is 0 Å². The molecular formula is C16H13N3OS. The van der Waals surface area contributed by atoms with Crippen LogP contribution in [0.5, 0.6) is 0 Å². The number of hydrogen-bond acceptors (Lipinski definition) is 5. The minimum atomic E-state index is 0.0217. The first-order valence-corrected chi connectivity index (χ1v) is 6.85. The first-order valence-electron chi connectivity index (χ1n) is 6.34. The quantitative estimate of drug-likeness (QED) is 0.344. The van der Waals surface area contributed by atoms with Crippen molar-refractivity contribution in [1.82, 2.24) is 4.98 Å². The van der Waals surface area contributed by atoms with E-state index in [1.807, 2.05) is 30.3 Å². The molecule has 2 aromatic carbocycles. The smallest absolute Gasteiger partial charge is 0.194 e. The van der Waals surface area contributed by atoms with Gasteiger partial charge in [-0.05, 0) is 29.7 Å². The molecule has 5 heteroatoms. The Morgan fingerprint density at radius 2 is 1.76 bits per heavy atom. The molecule has 0 spiro atoms. The van der Waals surface area contributed by atoms with Crippen LogP contribution in [0.1, 0.15) is 15.9 Å². The highest BCUT2D eigenvalue weighted by atomic mass is 32.1. The van der Waals surface area contributed by atoms with Gasteiger partial charge in [0.05, 0.1) is 5.69 Å². The molecule has 21 heavy (non-hydrogen) atoms. The Hall–Kier alpha value is -2.37. The zero-order valence-corrected chi connectivity index (χ0v) is 12.0. The summed E-state index contributed by atoms with van der Waals surface area (Å²) in [4.78, 5) is 17.0. The Morgan fingerprint density at radius 1 is 0.952 bits per heavy atom. The maximum atomic E-state index is 12.6. The molecule has 1 heterocycles. The van der Waals surface area contributed by atoms with Crippen LogP contribution < -0.4 is 10.9 Å². The third-order valence-electron chi connectivity index (χ3n) is 3.58. The van der Waals surface area contributed by atoms with Crippen LogP contribution in [0.15, 0.2) is 48.7 Å². The van der Waals surface area contributed by atoms with Gasteiger partial charge in [-0.2, -0.15) is 0 Å². The highest BCUT2D eigenvalue weighted by molar-refractivity contribution is 7.77. The van der Waals surface area contributed by atoms with Gasteiger partial charge in [-0.3, -0.25) is 14.9 Å². The lowest BCUT2D eigenvalue weighted by Gasteiger charge is -2.18. The van der Waals surface area contributed by atoms with Gasteiger partial charge in [0.1, 0.15) is 0 Å². The van der Waals surface area contributed by atoms with Crippen LogP contribution in [-0.2, 0) is 0 Å². The molecule has 0 unspecified atom stereocenters. The number of benzene rings is 2. The number of thiol groups is 1. The van der Waals surface area contributed by atoms with Crippen molar-refractivity contribution in [2.24, 2.45) is 5.14 Å². The fourth-order valence-corrected chi connectivity index (χ4v) is 2.72. The molecule has 3 aromatic rings. The lowest BCUT2D eigenvalue weighted by atomic mass is 9.85. The number of hydrogen-bond donors (Lipinski definition) is 3. The van der Waals surface area contributed by atoms with E-state index in [4.69, 9.17) is 5.73 Å². The van der Waals surface area contributed by atoms with E-state index in [0.29, 0.717) is 16.8 Å². The van der Waals surface area contributed by atoms with Gasteiger partial charge in [-0.25, -0.2) is 0 Å². The molecule has 1 aromatic heterocycles. The molecule has 0 radical (unpaired) electrons. The average Bonchev–Trinajstić information content (AvgIpc) is 2.54. The Labute approximate surface area is 127 Å². The van der Waals surface area contributed by atoms with E-state index >= 15 is 0 Å². The van der Waals surface area contributed by atoms with Crippen molar-refractivity contribution >= 4 is 35.1 Å². The summed E-state index contributed by atoms with van der Waals surface area (Å²) >= 11 is 3.03. The number of rotatable bonds is 0. The van der Waals surface area contributed by atoms with Crippen molar-refractivity contribution < 1.29 is 4.79 Å². The minimum Gasteiger partial charge on any atom is -0.399 e. The second-order valence-electron chi connectivity index (χ2n) is 4.70. The second-order valence-corrected chi connectivity index (χ2v) is 4.70. The molecule has 4 N–H and O–H groups in total. The minimum absolute atomic E-state index is 0.0217. The predicted octanol–water partition coefficient (Wildman–Crippen LogP) is 2.82. The van der Waals surface area contributed by atoms with E-state index < -0.39 is 0 Å². The number of anilines is 1. The molecule has 1 aliphatic rings. The van der Waals surface area contributed by atoms with Crippen LogP contribution in [0.2, 0.25) is 0 Å². The molecule has 0 bridgehead atoms. The molecule has 0 aliphatic heterocycles. The van der Waals surface area contributed by atoms with Gasteiger partial charge in [-0.15, -0.1) is 12.8 Å².